The summed E-state index contributed by atoms with van der Waals surface area (Å²) < 4.78 is 37.8. The Morgan fingerprint density at radius 3 is 1.15 bits per heavy atom. The summed E-state index contributed by atoms with van der Waals surface area (Å²) >= 11 is 0. The lowest BCUT2D eigenvalue weighted by molar-refractivity contribution is -0.193. The molecular formula is C10H17F3. The molecule has 0 spiro atoms. The zero-order chi connectivity index (χ0) is 10.4. The van der Waals surface area contributed by atoms with Crippen molar-refractivity contribution >= 4 is 0 Å². The predicted octanol–water partition coefficient (Wildman–Crippen LogP) is 3.72. The second-order valence-corrected chi connectivity index (χ2v) is 4.50. The Balaban J connectivity index is 2.88. The van der Waals surface area contributed by atoms with Gasteiger partial charge in [-0.1, -0.05) is 27.7 Å². The molecule has 1 saturated carbocycles. The molecule has 4 unspecified atom stereocenters. The highest BCUT2D eigenvalue weighted by Gasteiger charge is 2.54. The van der Waals surface area contributed by atoms with Gasteiger partial charge in [-0.15, -0.1) is 0 Å². The second-order valence-electron chi connectivity index (χ2n) is 4.50. The molecule has 0 radical (unpaired) electrons. The quantitative estimate of drug-likeness (QED) is 0.551. The molecule has 1 rings (SSSR count). The van der Waals surface area contributed by atoms with Gasteiger partial charge in [0.25, 0.3) is 0 Å². The lowest BCUT2D eigenvalue weighted by Gasteiger charge is -2.24. The molecule has 0 nitrogen and oxygen atoms in total. The predicted molar refractivity (Wildman–Crippen MR) is 46.2 cm³/mol. The molecule has 1 aliphatic carbocycles. The van der Waals surface area contributed by atoms with Crippen molar-refractivity contribution in [3.8, 4) is 0 Å². The first kappa shape index (κ1) is 10.9. The van der Waals surface area contributed by atoms with Gasteiger partial charge in [-0.05, 0) is 23.7 Å². The molecule has 1 fully saturated rings. The van der Waals surface area contributed by atoms with E-state index in [1.54, 1.807) is 13.8 Å². The highest BCUT2D eigenvalue weighted by Crippen LogP contribution is 2.51. The Bertz CT molecular complexity index is 171. The number of hydrogen-bond acceptors (Lipinski definition) is 0. The van der Waals surface area contributed by atoms with Crippen LogP contribution in [-0.2, 0) is 0 Å². The van der Waals surface area contributed by atoms with Gasteiger partial charge in [0, 0.05) is 0 Å². The molecule has 1 aliphatic rings. The zero-order valence-electron chi connectivity index (χ0n) is 8.52. The van der Waals surface area contributed by atoms with Crippen molar-refractivity contribution in [2.24, 2.45) is 29.6 Å². The highest BCUT2D eigenvalue weighted by atomic mass is 19.4. The Morgan fingerprint density at radius 2 is 1.00 bits per heavy atom. The Hall–Kier alpha value is -0.210. The molecule has 0 aromatic heterocycles. The summed E-state index contributed by atoms with van der Waals surface area (Å²) in [5.74, 6) is -1.20. The van der Waals surface area contributed by atoms with Gasteiger partial charge in [0.05, 0.1) is 5.92 Å². The Kier molecular flexibility index (Phi) is 2.65. The molecule has 0 heterocycles. The van der Waals surface area contributed by atoms with Crippen molar-refractivity contribution in [2.75, 3.05) is 0 Å². The first-order valence-electron chi connectivity index (χ1n) is 4.83. The fourth-order valence-electron chi connectivity index (χ4n) is 2.69. The molecule has 13 heavy (non-hydrogen) atoms. The maximum Gasteiger partial charge on any atom is 0.392 e. The van der Waals surface area contributed by atoms with Crippen LogP contribution in [0.1, 0.15) is 27.7 Å². The maximum atomic E-state index is 12.6. The van der Waals surface area contributed by atoms with E-state index >= 15 is 0 Å². The summed E-state index contributed by atoms with van der Waals surface area (Å²) in [6.07, 6.45) is -4.02. The molecule has 3 heteroatoms. The largest absolute Gasteiger partial charge is 0.392 e. The smallest absolute Gasteiger partial charge is 0.171 e. The SMILES string of the molecule is CC1C(C)[C@H](C)C(C)C1C(F)(F)F. The van der Waals surface area contributed by atoms with Gasteiger partial charge in [-0.25, -0.2) is 0 Å². The highest BCUT2D eigenvalue weighted by molar-refractivity contribution is 4.92. The standard InChI is InChI=1S/C10H17F3/c1-5-6(2)8(4)9(7(5)3)10(11,12)13/h5-9H,1-4H3/t5-,6?,7?,8?,9?/m0/s1. The van der Waals surface area contributed by atoms with Crippen molar-refractivity contribution in [3.05, 3.63) is 0 Å². The molecule has 0 aromatic carbocycles. The van der Waals surface area contributed by atoms with Crippen molar-refractivity contribution in [3.63, 3.8) is 0 Å². The van der Waals surface area contributed by atoms with E-state index in [2.05, 4.69) is 0 Å². The summed E-state index contributed by atoms with van der Waals surface area (Å²) in [6, 6.07) is 0. The van der Waals surface area contributed by atoms with E-state index in [0.29, 0.717) is 0 Å². The lowest BCUT2D eigenvalue weighted by Crippen LogP contribution is -2.30. The molecule has 0 saturated heterocycles. The minimum absolute atomic E-state index is 0.182. The number of rotatable bonds is 0. The van der Waals surface area contributed by atoms with Gasteiger partial charge >= 0.3 is 6.18 Å². The average Bonchev–Trinajstić information content (AvgIpc) is 2.14. The molecule has 5 atom stereocenters. The van der Waals surface area contributed by atoms with Crippen molar-refractivity contribution in [1.29, 1.82) is 0 Å². The Labute approximate surface area is 77.5 Å². The lowest BCUT2D eigenvalue weighted by atomic mass is 9.89. The minimum Gasteiger partial charge on any atom is -0.171 e. The van der Waals surface area contributed by atoms with Crippen molar-refractivity contribution in [2.45, 2.75) is 33.9 Å². The van der Waals surface area contributed by atoms with E-state index in [-0.39, 0.29) is 23.7 Å². The van der Waals surface area contributed by atoms with Gasteiger partial charge in [0.15, 0.2) is 0 Å². The molecule has 78 valence electrons. The average molecular weight is 194 g/mol. The Morgan fingerprint density at radius 1 is 0.692 bits per heavy atom. The van der Waals surface area contributed by atoms with Crippen LogP contribution in [0, 0.1) is 29.6 Å². The fraction of sp³-hybridized carbons (Fsp3) is 1.00. The van der Waals surface area contributed by atoms with Gasteiger partial charge in [0.2, 0.25) is 0 Å². The van der Waals surface area contributed by atoms with Crippen LogP contribution in [-0.4, -0.2) is 6.18 Å². The third kappa shape index (κ3) is 1.70. The molecular weight excluding hydrogens is 177 g/mol. The molecule has 0 N–H and O–H groups in total. The summed E-state index contributed by atoms with van der Waals surface area (Å²) in [5, 5.41) is 0. The van der Waals surface area contributed by atoms with Gasteiger partial charge < -0.3 is 0 Å². The topological polar surface area (TPSA) is 0 Å². The van der Waals surface area contributed by atoms with Crippen LogP contribution < -0.4 is 0 Å². The van der Waals surface area contributed by atoms with Gasteiger partial charge in [0.1, 0.15) is 0 Å². The first-order valence-corrected chi connectivity index (χ1v) is 4.83. The molecule has 0 aromatic rings. The second kappa shape index (κ2) is 3.18. The number of halogens is 3. The van der Waals surface area contributed by atoms with Crippen LogP contribution in [0.3, 0.4) is 0 Å². The van der Waals surface area contributed by atoms with Crippen molar-refractivity contribution < 1.29 is 13.2 Å². The molecule has 0 aliphatic heterocycles. The zero-order valence-corrected chi connectivity index (χ0v) is 8.52. The fourth-order valence-corrected chi connectivity index (χ4v) is 2.69. The first-order chi connectivity index (χ1) is 5.76. The third-order valence-electron chi connectivity index (χ3n) is 4.00. The van der Waals surface area contributed by atoms with Crippen LogP contribution in [0.5, 0.6) is 0 Å². The summed E-state index contributed by atoms with van der Waals surface area (Å²) in [4.78, 5) is 0. The third-order valence-corrected chi connectivity index (χ3v) is 4.00. The van der Waals surface area contributed by atoms with E-state index in [1.807, 2.05) is 13.8 Å². The summed E-state index contributed by atoms with van der Waals surface area (Å²) in [5.41, 5.74) is 0. The van der Waals surface area contributed by atoms with Crippen LogP contribution in [0.25, 0.3) is 0 Å². The van der Waals surface area contributed by atoms with Crippen LogP contribution in [0.15, 0.2) is 0 Å². The molecule has 0 bridgehead atoms. The minimum atomic E-state index is -4.02. The summed E-state index contributed by atoms with van der Waals surface area (Å²) in [7, 11) is 0. The van der Waals surface area contributed by atoms with Crippen LogP contribution in [0.4, 0.5) is 13.2 Å². The number of alkyl halides is 3. The van der Waals surface area contributed by atoms with Gasteiger partial charge in [-0.2, -0.15) is 13.2 Å². The maximum absolute atomic E-state index is 12.6. The van der Waals surface area contributed by atoms with E-state index < -0.39 is 12.1 Å². The van der Waals surface area contributed by atoms with Crippen molar-refractivity contribution in [1.82, 2.24) is 0 Å². The van der Waals surface area contributed by atoms with E-state index in [9.17, 15) is 13.2 Å². The number of hydrogen-bond donors (Lipinski definition) is 0. The molecule has 0 amide bonds. The van der Waals surface area contributed by atoms with E-state index in [4.69, 9.17) is 0 Å². The van der Waals surface area contributed by atoms with Gasteiger partial charge in [-0.3, -0.25) is 0 Å². The van der Waals surface area contributed by atoms with Crippen LogP contribution >= 0.6 is 0 Å². The van der Waals surface area contributed by atoms with E-state index in [1.165, 1.54) is 0 Å². The van der Waals surface area contributed by atoms with Crippen LogP contribution in [0.2, 0.25) is 0 Å². The normalized spacial score (nSPS) is 46.8. The van der Waals surface area contributed by atoms with E-state index in [0.717, 1.165) is 0 Å². The monoisotopic (exact) mass is 194 g/mol. The summed E-state index contributed by atoms with van der Waals surface area (Å²) in [6.45, 7) is 7.31.